The van der Waals surface area contributed by atoms with Crippen LogP contribution in [-0.4, -0.2) is 30.5 Å². The quantitative estimate of drug-likeness (QED) is 0.755. The van der Waals surface area contributed by atoms with Gasteiger partial charge in [-0.05, 0) is 18.6 Å². The van der Waals surface area contributed by atoms with Crippen LogP contribution in [0.4, 0.5) is 0 Å². The lowest BCUT2D eigenvalue weighted by atomic mass is 10.1. The Morgan fingerprint density at radius 3 is 2.50 bits per heavy atom. The third-order valence-corrected chi connectivity index (χ3v) is 5.01. The summed E-state index contributed by atoms with van der Waals surface area (Å²) in [7, 11) is -3.90. The summed E-state index contributed by atoms with van der Waals surface area (Å²) < 4.78 is 32.1. The molecule has 1 atom stereocenters. The first-order valence-electron chi connectivity index (χ1n) is 7.61. The average Bonchev–Trinajstić information content (AvgIpc) is 2.98. The van der Waals surface area contributed by atoms with Crippen molar-refractivity contribution in [3.8, 4) is 11.3 Å². The lowest BCUT2D eigenvalue weighted by molar-refractivity contribution is -0.139. The molecule has 24 heavy (non-hydrogen) atoms. The van der Waals surface area contributed by atoms with Gasteiger partial charge in [0.2, 0.25) is 10.0 Å². The second-order valence-electron chi connectivity index (χ2n) is 5.43. The summed E-state index contributed by atoms with van der Waals surface area (Å²) in [5, 5.41) is 9.16. The van der Waals surface area contributed by atoms with Crippen LogP contribution in [0.5, 0.6) is 0 Å². The largest absolute Gasteiger partial charge is 0.480 e. The molecule has 8 heteroatoms. The lowest BCUT2D eigenvalue weighted by Crippen LogP contribution is -2.40. The predicted molar refractivity (Wildman–Crippen MR) is 87.9 cm³/mol. The number of rotatable bonds is 8. The monoisotopic (exact) mass is 352 g/mol. The van der Waals surface area contributed by atoms with Crippen LogP contribution in [0.3, 0.4) is 0 Å². The van der Waals surface area contributed by atoms with Crippen LogP contribution in [0.2, 0.25) is 0 Å². The van der Waals surface area contributed by atoms with Crippen molar-refractivity contribution in [1.82, 2.24) is 9.71 Å². The molecule has 1 aromatic heterocycles. The molecular weight excluding hydrogens is 332 g/mol. The van der Waals surface area contributed by atoms with Crippen LogP contribution in [-0.2, 0) is 14.8 Å². The molecule has 0 aliphatic rings. The van der Waals surface area contributed by atoms with Crippen molar-refractivity contribution in [2.45, 2.75) is 44.0 Å². The number of nitrogens with one attached hydrogen (secondary N) is 1. The summed E-state index contributed by atoms with van der Waals surface area (Å²) in [4.78, 5) is 15.4. The summed E-state index contributed by atoms with van der Waals surface area (Å²) in [6.07, 6.45) is 3.16. The van der Waals surface area contributed by atoms with Crippen LogP contribution in [0.1, 0.15) is 32.1 Å². The fourth-order valence-electron chi connectivity index (χ4n) is 2.20. The Hall–Kier alpha value is -2.19. The number of carboxylic acid groups (broad SMARTS) is 1. The molecule has 130 valence electrons. The molecule has 2 aromatic rings. The summed E-state index contributed by atoms with van der Waals surface area (Å²) in [5.41, 5.74) is 1.32. The zero-order chi connectivity index (χ0) is 17.7. The normalized spacial score (nSPS) is 12.9. The molecule has 1 heterocycles. The van der Waals surface area contributed by atoms with Gasteiger partial charge in [0.1, 0.15) is 18.0 Å². The van der Waals surface area contributed by atoms with E-state index in [2.05, 4.69) is 9.71 Å². The first-order valence-corrected chi connectivity index (χ1v) is 9.09. The summed E-state index contributed by atoms with van der Waals surface area (Å²) in [6, 6.07) is 4.91. The fourth-order valence-corrected chi connectivity index (χ4v) is 3.42. The zero-order valence-corrected chi connectivity index (χ0v) is 14.3. The van der Waals surface area contributed by atoms with Crippen LogP contribution < -0.4 is 4.72 Å². The first-order chi connectivity index (χ1) is 11.3. The number of aromatic nitrogens is 1. The molecule has 2 rings (SSSR count). The standard InChI is InChI=1S/C16H20N2O5S/c1-3-4-5-14(16(19)20)18-24(21,22)13-8-6-12(7-9-13)15-10-23-11(2)17-15/h6-10,14,18H,3-5H2,1-2H3,(H,19,20). The second-order valence-corrected chi connectivity index (χ2v) is 7.14. The number of benzene rings is 1. The molecule has 0 fully saturated rings. The van der Waals surface area contributed by atoms with Gasteiger partial charge in [0.25, 0.3) is 0 Å². The zero-order valence-electron chi connectivity index (χ0n) is 13.5. The predicted octanol–water partition coefficient (Wildman–Crippen LogP) is 2.57. The maximum Gasteiger partial charge on any atom is 0.321 e. The smallest absolute Gasteiger partial charge is 0.321 e. The fraction of sp³-hybridized carbons (Fsp3) is 0.375. The summed E-state index contributed by atoms with van der Waals surface area (Å²) >= 11 is 0. The van der Waals surface area contributed by atoms with Gasteiger partial charge in [-0.1, -0.05) is 31.9 Å². The van der Waals surface area contributed by atoms with Crippen LogP contribution >= 0.6 is 0 Å². The molecule has 0 amide bonds. The van der Waals surface area contributed by atoms with Gasteiger partial charge in [0, 0.05) is 12.5 Å². The molecule has 0 aliphatic carbocycles. The number of aryl methyl sites for hydroxylation is 1. The third-order valence-electron chi connectivity index (χ3n) is 3.52. The highest BCUT2D eigenvalue weighted by Crippen LogP contribution is 2.21. The Morgan fingerprint density at radius 1 is 1.33 bits per heavy atom. The van der Waals surface area contributed by atoms with Gasteiger partial charge in [-0.3, -0.25) is 4.79 Å². The Kier molecular flexibility index (Phi) is 5.74. The van der Waals surface area contributed by atoms with E-state index in [1.165, 1.54) is 18.4 Å². The maximum absolute atomic E-state index is 12.4. The summed E-state index contributed by atoms with van der Waals surface area (Å²) in [5.74, 6) is -0.662. The topological polar surface area (TPSA) is 110 Å². The number of carboxylic acids is 1. The van der Waals surface area contributed by atoms with Crippen LogP contribution in [0.15, 0.2) is 39.8 Å². The molecule has 0 aliphatic heterocycles. The number of unbranched alkanes of at least 4 members (excludes halogenated alkanes) is 1. The van der Waals surface area contributed by atoms with E-state index in [0.29, 0.717) is 23.6 Å². The Balaban J connectivity index is 2.18. The molecule has 0 saturated carbocycles. The Labute approximate surface area is 140 Å². The minimum atomic E-state index is -3.90. The second kappa shape index (κ2) is 7.59. The van der Waals surface area contributed by atoms with E-state index in [-0.39, 0.29) is 11.3 Å². The van der Waals surface area contributed by atoms with Crippen molar-refractivity contribution in [3.63, 3.8) is 0 Å². The molecule has 1 aromatic carbocycles. The number of sulfonamides is 1. The highest BCUT2D eigenvalue weighted by Gasteiger charge is 2.24. The maximum atomic E-state index is 12.4. The van der Waals surface area contributed by atoms with E-state index in [0.717, 1.165) is 6.42 Å². The van der Waals surface area contributed by atoms with Gasteiger partial charge < -0.3 is 9.52 Å². The van der Waals surface area contributed by atoms with E-state index < -0.39 is 22.0 Å². The number of aliphatic carboxylic acids is 1. The van der Waals surface area contributed by atoms with Gasteiger partial charge in [0.15, 0.2) is 5.89 Å². The summed E-state index contributed by atoms with van der Waals surface area (Å²) in [6.45, 7) is 3.63. The minimum Gasteiger partial charge on any atom is -0.480 e. The molecule has 0 radical (unpaired) electrons. The van der Waals surface area contributed by atoms with E-state index in [1.54, 1.807) is 19.1 Å². The van der Waals surface area contributed by atoms with Gasteiger partial charge in [0.05, 0.1) is 4.90 Å². The van der Waals surface area contributed by atoms with Gasteiger partial charge in [-0.2, -0.15) is 4.72 Å². The highest BCUT2D eigenvalue weighted by molar-refractivity contribution is 7.89. The number of nitrogens with zero attached hydrogens (tertiary/aromatic N) is 1. The molecule has 7 nitrogen and oxygen atoms in total. The Bertz CT molecular complexity index is 796. The average molecular weight is 352 g/mol. The number of oxazole rings is 1. The van der Waals surface area contributed by atoms with Crippen LogP contribution in [0.25, 0.3) is 11.3 Å². The van der Waals surface area contributed by atoms with Crippen molar-refractivity contribution < 1.29 is 22.7 Å². The van der Waals surface area contributed by atoms with Crippen molar-refractivity contribution in [2.24, 2.45) is 0 Å². The number of hydrogen-bond donors (Lipinski definition) is 2. The number of carbonyl (C=O) groups is 1. The molecule has 0 bridgehead atoms. The van der Waals surface area contributed by atoms with E-state index in [1.807, 2.05) is 6.92 Å². The third kappa shape index (κ3) is 4.42. The SMILES string of the molecule is CCCCC(NS(=O)(=O)c1ccc(-c2coc(C)n2)cc1)C(=O)O. The van der Waals surface area contributed by atoms with Crippen molar-refractivity contribution in [1.29, 1.82) is 0 Å². The van der Waals surface area contributed by atoms with Gasteiger partial charge in [-0.15, -0.1) is 0 Å². The first kappa shape index (κ1) is 18.2. The van der Waals surface area contributed by atoms with Crippen LogP contribution in [0, 0.1) is 6.92 Å². The highest BCUT2D eigenvalue weighted by atomic mass is 32.2. The molecule has 0 spiro atoms. The molecule has 1 unspecified atom stereocenters. The minimum absolute atomic E-state index is 0.00853. The number of hydrogen-bond acceptors (Lipinski definition) is 5. The van der Waals surface area contributed by atoms with E-state index in [4.69, 9.17) is 9.52 Å². The Morgan fingerprint density at radius 2 is 2.00 bits per heavy atom. The van der Waals surface area contributed by atoms with Gasteiger partial charge >= 0.3 is 5.97 Å². The lowest BCUT2D eigenvalue weighted by Gasteiger charge is -2.14. The van der Waals surface area contributed by atoms with Crippen molar-refractivity contribution >= 4 is 16.0 Å². The van der Waals surface area contributed by atoms with Crippen molar-refractivity contribution in [3.05, 3.63) is 36.4 Å². The molecular formula is C16H20N2O5S. The van der Waals surface area contributed by atoms with E-state index in [9.17, 15) is 13.2 Å². The van der Waals surface area contributed by atoms with E-state index >= 15 is 0 Å². The van der Waals surface area contributed by atoms with Gasteiger partial charge in [-0.25, -0.2) is 13.4 Å². The van der Waals surface area contributed by atoms with Crippen molar-refractivity contribution in [2.75, 3.05) is 0 Å². The molecule has 0 saturated heterocycles. The molecule has 2 N–H and O–H groups in total.